The summed E-state index contributed by atoms with van der Waals surface area (Å²) in [5.41, 5.74) is -0.892. The lowest BCUT2D eigenvalue weighted by atomic mass is 10.2. The molecular formula is C13H13ClF3N3O2. The Balaban J connectivity index is 2.34. The van der Waals surface area contributed by atoms with E-state index in [0.29, 0.717) is 12.5 Å². The summed E-state index contributed by atoms with van der Waals surface area (Å²) in [5, 5.41) is 3.30. The van der Waals surface area contributed by atoms with Crippen molar-refractivity contribution in [3.8, 4) is 0 Å². The summed E-state index contributed by atoms with van der Waals surface area (Å²) in [5.74, 6) is -1.57. The van der Waals surface area contributed by atoms with Gasteiger partial charge in [-0.25, -0.2) is 4.79 Å². The number of nitrogens with zero attached hydrogens (tertiary/aromatic N) is 3. The highest BCUT2D eigenvalue weighted by atomic mass is 35.5. The number of hydrogen-bond acceptors (Lipinski definition) is 3. The highest BCUT2D eigenvalue weighted by Crippen LogP contribution is 2.36. The number of rotatable bonds is 5. The number of alkyl halides is 4. The van der Waals surface area contributed by atoms with Crippen LogP contribution in [-0.2, 0) is 6.18 Å². The maximum absolute atomic E-state index is 12.6. The van der Waals surface area contributed by atoms with E-state index in [1.54, 1.807) is 6.08 Å². The van der Waals surface area contributed by atoms with Gasteiger partial charge in [-0.1, -0.05) is 28.9 Å². The molecule has 120 valence electrons. The fourth-order valence-corrected chi connectivity index (χ4v) is 2.63. The Labute approximate surface area is 129 Å². The summed E-state index contributed by atoms with van der Waals surface area (Å²) in [4.78, 5) is 14.7. The van der Waals surface area contributed by atoms with E-state index < -0.39 is 29.5 Å². The van der Waals surface area contributed by atoms with Crippen LogP contribution in [0.4, 0.5) is 23.8 Å². The molecule has 1 aliphatic rings. The minimum absolute atomic E-state index is 0.209. The molecule has 0 aromatic carbocycles. The molecule has 1 aromatic heterocycles. The highest BCUT2D eigenvalue weighted by Gasteiger charge is 2.47. The molecule has 0 spiro atoms. The van der Waals surface area contributed by atoms with Gasteiger partial charge in [-0.3, -0.25) is 4.90 Å². The zero-order chi connectivity index (χ0) is 16.5. The molecule has 0 radical (unpaired) electrons. The van der Waals surface area contributed by atoms with Crippen LogP contribution in [0.2, 0.25) is 0 Å². The summed E-state index contributed by atoms with van der Waals surface area (Å²) in [7, 11) is 0. The standard InChI is InChI=1S/C13H13ClF3N3O2/c1-3-5-8-11(14)20(12(21)19(8)6-4-2)10-7-9(22-18-10)13(15,16)17/h3-4,7-8,11H,1-2,5-6H2. The molecule has 2 heterocycles. The average Bonchev–Trinajstić information content (AvgIpc) is 2.98. The zero-order valence-electron chi connectivity index (χ0n) is 11.4. The van der Waals surface area contributed by atoms with Gasteiger partial charge in [0.15, 0.2) is 5.82 Å². The number of urea groups is 1. The van der Waals surface area contributed by atoms with Crippen LogP contribution in [0.5, 0.6) is 0 Å². The Morgan fingerprint density at radius 3 is 2.59 bits per heavy atom. The molecule has 9 heteroatoms. The maximum atomic E-state index is 12.6. The highest BCUT2D eigenvalue weighted by molar-refractivity contribution is 6.26. The lowest BCUT2D eigenvalue weighted by molar-refractivity contribution is -0.155. The lowest BCUT2D eigenvalue weighted by Crippen LogP contribution is -2.35. The molecule has 2 rings (SSSR count). The van der Waals surface area contributed by atoms with Crippen molar-refractivity contribution < 1.29 is 22.5 Å². The van der Waals surface area contributed by atoms with E-state index in [1.165, 1.54) is 11.0 Å². The lowest BCUT2D eigenvalue weighted by Gasteiger charge is -2.21. The van der Waals surface area contributed by atoms with Crippen molar-refractivity contribution in [1.82, 2.24) is 10.1 Å². The maximum Gasteiger partial charge on any atom is 0.452 e. The third kappa shape index (κ3) is 2.83. The van der Waals surface area contributed by atoms with Gasteiger partial charge in [-0.2, -0.15) is 13.2 Å². The molecule has 1 aromatic rings. The van der Waals surface area contributed by atoms with E-state index in [1.807, 2.05) is 0 Å². The van der Waals surface area contributed by atoms with Crippen molar-refractivity contribution in [3.05, 3.63) is 37.1 Å². The minimum Gasteiger partial charge on any atom is -0.349 e. The smallest absolute Gasteiger partial charge is 0.349 e. The van der Waals surface area contributed by atoms with E-state index in [-0.39, 0.29) is 12.4 Å². The van der Waals surface area contributed by atoms with Crippen LogP contribution in [0.25, 0.3) is 0 Å². The summed E-state index contributed by atoms with van der Waals surface area (Å²) in [6.07, 6.45) is -1.22. The number of carbonyl (C=O) groups is 1. The van der Waals surface area contributed by atoms with Crippen LogP contribution in [0.1, 0.15) is 12.2 Å². The molecule has 0 saturated carbocycles. The summed E-state index contributed by atoms with van der Waals surface area (Å²) < 4.78 is 42.0. The van der Waals surface area contributed by atoms with E-state index in [0.717, 1.165) is 4.90 Å². The molecule has 0 bridgehead atoms. The number of aromatic nitrogens is 1. The van der Waals surface area contributed by atoms with Crippen LogP contribution in [0.15, 0.2) is 35.9 Å². The topological polar surface area (TPSA) is 49.6 Å². The Hall–Kier alpha value is -1.96. The van der Waals surface area contributed by atoms with Crippen molar-refractivity contribution in [3.63, 3.8) is 0 Å². The first-order valence-corrected chi connectivity index (χ1v) is 6.74. The SMILES string of the molecule is C=CCC1C(Cl)N(c2cc(C(F)(F)F)on2)C(=O)N1CC=C. The Morgan fingerprint density at radius 1 is 1.41 bits per heavy atom. The monoisotopic (exact) mass is 335 g/mol. The van der Waals surface area contributed by atoms with Crippen molar-refractivity contribution in [2.24, 2.45) is 0 Å². The molecule has 1 saturated heterocycles. The van der Waals surface area contributed by atoms with Gasteiger partial charge >= 0.3 is 12.2 Å². The van der Waals surface area contributed by atoms with Crippen LogP contribution < -0.4 is 4.90 Å². The number of anilines is 1. The summed E-state index contributed by atoms with van der Waals surface area (Å²) >= 11 is 6.22. The van der Waals surface area contributed by atoms with Gasteiger partial charge in [0, 0.05) is 12.6 Å². The normalized spacial score (nSPS) is 22.3. The molecule has 5 nitrogen and oxygen atoms in total. The number of carbonyl (C=O) groups excluding carboxylic acids is 1. The second-order valence-corrected chi connectivity index (χ2v) is 5.05. The van der Waals surface area contributed by atoms with Crippen LogP contribution in [0, 0.1) is 0 Å². The molecule has 1 aliphatic heterocycles. The van der Waals surface area contributed by atoms with Gasteiger partial charge < -0.3 is 9.42 Å². The number of hydrogen-bond donors (Lipinski definition) is 0. The van der Waals surface area contributed by atoms with Crippen LogP contribution in [0.3, 0.4) is 0 Å². The van der Waals surface area contributed by atoms with Crippen molar-refractivity contribution in [2.75, 3.05) is 11.4 Å². The summed E-state index contributed by atoms with van der Waals surface area (Å²) in [6, 6.07) is -0.361. The number of amides is 2. The summed E-state index contributed by atoms with van der Waals surface area (Å²) in [6.45, 7) is 7.35. The van der Waals surface area contributed by atoms with Gasteiger partial charge in [-0.15, -0.1) is 13.2 Å². The fraction of sp³-hybridized carbons (Fsp3) is 0.385. The van der Waals surface area contributed by atoms with E-state index in [9.17, 15) is 18.0 Å². The van der Waals surface area contributed by atoms with Gasteiger partial charge in [0.2, 0.25) is 5.76 Å². The predicted octanol–water partition coefficient (Wildman–Crippen LogP) is 3.63. The largest absolute Gasteiger partial charge is 0.452 e. The second-order valence-electron chi connectivity index (χ2n) is 4.61. The van der Waals surface area contributed by atoms with Gasteiger partial charge in [-0.05, 0) is 6.42 Å². The Morgan fingerprint density at radius 2 is 2.09 bits per heavy atom. The molecule has 0 aliphatic carbocycles. The quantitative estimate of drug-likeness (QED) is 0.469. The van der Waals surface area contributed by atoms with Gasteiger partial charge in [0.1, 0.15) is 5.50 Å². The van der Waals surface area contributed by atoms with Gasteiger partial charge in [0.05, 0.1) is 6.04 Å². The molecule has 2 unspecified atom stereocenters. The Bertz CT molecular complexity index is 587. The molecule has 1 fully saturated rings. The average molecular weight is 336 g/mol. The third-order valence-electron chi connectivity index (χ3n) is 3.17. The Kier molecular flexibility index (Phi) is 4.50. The molecular weight excluding hydrogens is 323 g/mol. The fourth-order valence-electron chi connectivity index (χ4n) is 2.21. The van der Waals surface area contributed by atoms with Crippen LogP contribution >= 0.6 is 11.6 Å². The van der Waals surface area contributed by atoms with E-state index >= 15 is 0 Å². The first kappa shape index (κ1) is 16.4. The van der Waals surface area contributed by atoms with E-state index in [2.05, 4.69) is 22.8 Å². The number of halogens is 4. The van der Waals surface area contributed by atoms with Crippen molar-refractivity contribution in [1.29, 1.82) is 0 Å². The van der Waals surface area contributed by atoms with Crippen molar-refractivity contribution >= 4 is 23.4 Å². The van der Waals surface area contributed by atoms with E-state index in [4.69, 9.17) is 11.6 Å². The predicted molar refractivity (Wildman–Crippen MR) is 74.5 cm³/mol. The van der Waals surface area contributed by atoms with Gasteiger partial charge in [0.25, 0.3) is 0 Å². The molecule has 2 atom stereocenters. The minimum atomic E-state index is -4.68. The molecule has 22 heavy (non-hydrogen) atoms. The first-order chi connectivity index (χ1) is 10.3. The molecule has 0 N–H and O–H groups in total. The third-order valence-corrected chi connectivity index (χ3v) is 3.66. The van der Waals surface area contributed by atoms with Crippen LogP contribution in [-0.4, -0.2) is 34.2 Å². The first-order valence-electron chi connectivity index (χ1n) is 6.30. The zero-order valence-corrected chi connectivity index (χ0v) is 12.1. The molecule has 2 amide bonds. The van der Waals surface area contributed by atoms with Crippen molar-refractivity contribution in [2.45, 2.75) is 24.1 Å². The second kappa shape index (κ2) is 6.04.